The number of carbonyl (C=O) groups is 1. The number of fused-ring (bicyclic) bond motifs is 1. The second-order valence-corrected chi connectivity index (χ2v) is 6.90. The fraction of sp³-hybridized carbons (Fsp3) is 0.214. The standard InChI is InChI=1S/C14H14N4O4S/c19-14(17-20)13-8-11-12(16-7-6-15-11)9-18(13)23(21,22)10-4-2-1-3-5-10/h1-7,13,20H,8-9H2,(H,17,19). The molecule has 23 heavy (non-hydrogen) atoms. The van der Waals surface area contributed by atoms with Crippen LogP contribution in [0.2, 0.25) is 0 Å². The summed E-state index contributed by atoms with van der Waals surface area (Å²) in [5.74, 6) is -0.805. The number of carbonyl (C=O) groups excluding carboxylic acids is 1. The van der Waals surface area contributed by atoms with E-state index in [2.05, 4.69) is 9.97 Å². The van der Waals surface area contributed by atoms with Crippen molar-refractivity contribution in [3.05, 3.63) is 54.1 Å². The molecule has 1 aromatic carbocycles. The minimum absolute atomic E-state index is 0.0433. The van der Waals surface area contributed by atoms with Crippen LogP contribution in [-0.2, 0) is 27.8 Å². The second kappa shape index (κ2) is 6.03. The minimum atomic E-state index is -3.92. The Bertz CT molecular complexity index is 826. The summed E-state index contributed by atoms with van der Waals surface area (Å²) in [5.41, 5.74) is 2.56. The highest BCUT2D eigenvalue weighted by molar-refractivity contribution is 7.89. The number of hydrogen-bond donors (Lipinski definition) is 2. The van der Waals surface area contributed by atoms with Crippen LogP contribution in [0.5, 0.6) is 0 Å². The number of nitrogens with zero attached hydrogens (tertiary/aromatic N) is 3. The van der Waals surface area contributed by atoms with E-state index in [1.54, 1.807) is 18.2 Å². The summed E-state index contributed by atoms with van der Waals surface area (Å²) in [6.45, 7) is -0.0848. The van der Waals surface area contributed by atoms with Crippen LogP contribution < -0.4 is 5.48 Å². The van der Waals surface area contributed by atoms with E-state index in [4.69, 9.17) is 5.21 Å². The van der Waals surface area contributed by atoms with E-state index < -0.39 is 22.0 Å². The lowest BCUT2D eigenvalue weighted by Crippen LogP contribution is -2.52. The van der Waals surface area contributed by atoms with Gasteiger partial charge in [-0.1, -0.05) is 18.2 Å². The zero-order chi connectivity index (χ0) is 16.4. The largest absolute Gasteiger partial charge is 0.289 e. The Morgan fingerprint density at radius 2 is 1.83 bits per heavy atom. The molecule has 2 aromatic rings. The molecule has 3 rings (SSSR count). The summed E-state index contributed by atoms with van der Waals surface area (Å²) in [6, 6.07) is 6.73. The molecule has 0 saturated carbocycles. The van der Waals surface area contributed by atoms with Crippen molar-refractivity contribution < 1.29 is 18.4 Å². The molecule has 2 heterocycles. The van der Waals surface area contributed by atoms with Crippen molar-refractivity contribution in [1.29, 1.82) is 0 Å². The molecule has 1 unspecified atom stereocenters. The summed E-state index contributed by atoms with van der Waals surface area (Å²) in [4.78, 5) is 20.3. The predicted molar refractivity (Wildman–Crippen MR) is 78.6 cm³/mol. The van der Waals surface area contributed by atoms with Gasteiger partial charge in [0.05, 0.1) is 22.8 Å². The first-order valence-electron chi connectivity index (χ1n) is 6.83. The Balaban J connectivity index is 2.06. The highest BCUT2D eigenvalue weighted by Gasteiger charge is 2.40. The SMILES string of the molecule is O=C(NO)C1Cc2nccnc2CN1S(=O)(=O)c1ccccc1. The molecule has 1 atom stereocenters. The number of sulfonamides is 1. The number of amides is 1. The molecule has 1 amide bonds. The first kappa shape index (κ1) is 15.5. The van der Waals surface area contributed by atoms with Gasteiger partial charge in [0.15, 0.2) is 0 Å². The van der Waals surface area contributed by atoms with Gasteiger partial charge in [-0.2, -0.15) is 4.31 Å². The molecule has 2 N–H and O–H groups in total. The molecule has 0 bridgehead atoms. The fourth-order valence-electron chi connectivity index (χ4n) is 2.52. The maximum atomic E-state index is 12.8. The molecule has 120 valence electrons. The first-order chi connectivity index (χ1) is 11.0. The normalized spacial score (nSPS) is 18.2. The van der Waals surface area contributed by atoms with Gasteiger partial charge in [-0.05, 0) is 12.1 Å². The van der Waals surface area contributed by atoms with Gasteiger partial charge in [-0.25, -0.2) is 13.9 Å². The average Bonchev–Trinajstić information content (AvgIpc) is 2.60. The number of aromatic nitrogens is 2. The molecular weight excluding hydrogens is 320 g/mol. The van der Waals surface area contributed by atoms with Crippen molar-refractivity contribution >= 4 is 15.9 Å². The molecule has 0 radical (unpaired) electrons. The molecule has 0 saturated heterocycles. The lowest BCUT2D eigenvalue weighted by atomic mass is 10.0. The highest BCUT2D eigenvalue weighted by atomic mass is 32.2. The van der Waals surface area contributed by atoms with Crippen LogP contribution in [0.1, 0.15) is 11.4 Å². The van der Waals surface area contributed by atoms with Crippen molar-refractivity contribution in [2.45, 2.75) is 23.9 Å². The van der Waals surface area contributed by atoms with Gasteiger partial charge in [-0.15, -0.1) is 0 Å². The average molecular weight is 334 g/mol. The number of benzene rings is 1. The fourth-order valence-corrected chi connectivity index (χ4v) is 4.09. The van der Waals surface area contributed by atoms with Gasteiger partial charge in [-0.3, -0.25) is 20.0 Å². The molecule has 8 nitrogen and oxygen atoms in total. The third-order valence-electron chi connectivity index (χ3n) is 3.66. The van der Waals surface area contributed by atoms with Crippen LogP contribution in [0.4, 0.5) is 0 Å². The quantitative estimate of drug-likeness (QED) is 0.608. The lowest BCUT2D eigenvalue weighted by Gasteiger charge is -2.33. The summed E-state index contributed by atoms with van der Waals surface area (Å²) >= 11 is 0. The lowest BCUT2D eigenvalue weighted by molar-refractivity contribution is -0.133. The van der Waals surface area contributed by atoms with Crippen molar-refractivity contribution in [2.24, 2.45) is 0 Å². The van der Waals surface area contributed by atoms with Crippen molar-refractivity contribution in [2.75, 3.05) is 0 Å². The third-order valence-corrected chi connectivity index (χ3v) is 5.53. The van der Waals surface area contributed by atoms with Gasteiger partial charge in [0.25, 0.3) is 5.91 Å². The van der Waals surface area contributed by atoms with E-state index in [9.17, 15) is 13.2 Å². The van der Waals surface area contributed by atoms with Crippen molar-refractivity contribution in [1.82, 2.24) is 19.8 Å². The molecule has 1 aromatic heterocycles. The van der Waals surface area contributed by atoms with Crippen LogP contribution in [0.15, 0.2) is 47.6 Å². The molecule has 0 spiro atoms. The van der Waals surface area contributed by atoms with E-state index in [1.807, 2.05) is 0 Å². The summed E-state index contributed by atoms with van der Waals surface area (Å²) < 4.78 is 26.7. The Hall–Kier alpha value is -2.36. The van der Waals surface area contributed by atoms with E-state index in [0.29, 0.717) is 11.4 Å². The highest BCUT2D eigenvalue weighted by Crippen LogP contribution is 2.27. The van der Waals surface area contributed by atoms with Gasteiger partial charge in [0.2, 0.25) is 10.0 Å². The van der Waals surface area contributed by atoms with E-state index in [0.717, 1.165) is 4.31 Å². The Labute approximate surface area is 132 Å². The van der Waals surface area contributed by atoms with Crippen LogP contribution in [0.3, 0.4) is 0 Å². The van der Waals surface area contributed by atoms with E-state index in [1.165, 1.54) is 30.0 Å². The number of rotatable bonds is 3. The molecule has 1 aliphatic rings. The molecule has 0 fully saturated rings. The zero-order valence-electron chi connectivity index (χ0n) is 12.0. The van der Waals surface area contributed by atoms with Crippen LogP contribution in [0, 0.1) is 0 Å². The van der Waals surface area contributed by atoms with Gasteiger partial charge < -0.3 is 0 Å². The van der Waals surface area contributed by atoms with E-state index >= 15 is 0 Å². The van der Waals surface area contributed by atoms with Crippen LogP contribution >= 0.6 is 0 Å². The van der Waals surface area contributed by atoms with Gasteiger partial charge in [0.1, 0.15) is 6.04 Å². The summed E-state index contributed by atoms with van der Waals surface area (Å²) in [6.07, 6.45) is 2.99. The Morgan fingerprint density at radius 3 is 2.48 bits per heavy atom. The first-order valence-corrected chi connectivity index (χ1v) is 8.27. The Morgan fingerprint density at radius 1 is 1.17 bits per heavy atom. The topological polar surface area (TPSA) is 112 Å². The second-order valence-electron chi connectivity index (χ2n) is 5.01. The summed E-state index contributed by atoms with van der Waals surface area (Å²) in [7, 11) is -3.92. The van der Waals surface area contributed by atoms with E-state index in [-0.39, 0.29) is 17.9 Å². The third kappa shape index (κ3) is 2.81. The van der Waals surface area contributed by atoms with Crippen molar-refractivity contribution in [3.63, 3.8) is 0 Å². The maximum absolute atomic E-state index is 12.8. The minimum Gasteiger partial charge on any atom is -0.289 e. The van der Waals surface area contributed by atoms with Crippen LogP contribution in [0.25, 0.3) is 0 Å². The molecular formula is C14H14N4O4S. The number of nitrogens with one attached hydrogen (secondary N) is 1. The Kier molecular flexibility index (Phi) is 4.07. The summed E-state index contributed by atoms with van der Waals surface area (Å²) in [5, 5.41) is 8.93. The zero-order valence-corrected chi connectivity index (χ0v) is 12.8. The maximum Gasteiger partial charge on any atom is 0.262 e. The predicted octanol–water partition coefficient (Wildman–Crippen LogP) is 0.0976. The molecule has 1 aliphatic heterocycles. The van der Waals surface area contributed by atoms with Crippen molar-refractivity contribution in [3.8, 4) is 0 Å². The number of hydrogen-bond acceptors (Lipinski definition) is 6. The monoisotopic (exact) mass is 334 g/mol. The smallest absolute Gasteiger partial charge is 0.262 e. The molecule has 0 aliphatic carbocycles. The number of hydroxylamine groups is 1. The van der Waals surface area contributed by atoms with Gasteiger partial charge >= 0.3 is 0 Å². The van der Waals surface area contributed by atoms with Crippen LogP contribution in [-0.4, -0.2) is 39.8 Å². The van der Waals surface area contributed by atoms with Gasteiger partial charge in [0, 0.05) is 18.8 Å². The molecule has 9 heteroatoms.